The number of rotatable bonds is 12. The molecule has 0 unspecified atom stereocenters. The number of carboxylic acids is 1. The van der Waals surface area contributed by atoms with E-state index in [9.17, 15) is 19.8 Å². The van der Waals surface area contributed by atoms with E-state index in [4.69, 9.17) is 5.11 Å². The molecule has 0 bridgehead atoms. The van der Waals surface area contributed by atoms with Gasteiger partial charge in [0, 0.05) is 18.8 Å². The maximum Gasteiger partial charge on any atom is 0.303 e. The zero-order chi connectivity index (χ0) is 18.7. The minimum Gasteiger partial charge on any atom is -0.481 e. The molecule has 0 aromatic carbocycles. The summed E-state index contributed by atoms with van der Waals surface area (Å²) in [6, 6.07) is 0. The highest BCUT2D eigenvalue weighted by atomic mass is 16.4. The van der Waals surface area contributed by atoms with Crippen molar-refractivity contribution in [1.82, 2.24) is 0 Å². The fraction of sp³-hybridized carbons (Fsp3) is 0.700. The Morgan fingerprint density at radius 2 is 2.04 bits per heavy atom. The average molecular weight is 352 g/mol. The van der Waals surface area contributed by atoms with Crippen molar-refractivity contribution in [3.05, 3.63) is 24.3 Å². The van der Waals surface area contributed by atoms with E-state index in [0.717, 1.165) is 25.7 Å². The first kappa shape index (κ1) is 21.6. The van der Waals surface area contributed by atoms with Gasteiger partial charge in [0.05, 0.1) is 12.2 Å². The van der Waals surface area contributed by atoms with Crippen molar-refractivity contribution in [2.75, 3.05) is 0 Å². The van der Waals surface area contributed by atoms with Crippen LogP contribution >= 0.6 is 0 Å². The van der Waals surface area contributed by atoms with E-state index in [2.05, 4.69) is 6.92 Å². The molecule has 1 aliphatic rings. The SMILES string of the molecule is CCCCC[C@H]1[C@H](O)CC(=O)[C@H]1/C=C/[C@@H](O)C/C=C\CCCC(=O)O. The molecule has 4 atom stereocenters. The van der Waals surface area contributed by atoms with Crippen LogP contribution in [0.1, 0.15) is 64.7 Å². The number of carbonyl (C=O) groups excluding carboxylic acids is 1. The molecule has 3 N–H and O–H groups in total. The Morgan fingerprint density at radius 1 is 1.28 bits per heavy atom. The summed E-state index contributed by atoms with van der Waals surface area (Å²) in [5.41, 5.74) is 0. The molecule has 0 aromatic heterocycles. The summed E-state index contributed by atoms with van der Waals surface area (Å²) in [7, 11) is 0. The van der Waals surface area contributed by atoms with Gasteiger partial charge in [-0.25, -0.2) is 0 Å². The van der Waals surface area contributed by atoms with Gasteiger partial charge in [-0.2, -0.15) is 0 Å². The lowest BCUT2D eigenvalue weighted by Crippen LogP contribution is -2.19. The Hall–Kier alpha value is -1.46. The number of aliphatic hydroxyl groups is 2. The summed E-state index contributed by atoms with van der Waals surface area (Å²) in [6.45, 7) is 2.12. The molecule has 0 spiro atoms. The van der Waals surface area contributed by atoms with E-state index in [1.165, 1.54) is 0 Å². The normalized spacial score (nSPS) is 25.2. The Morgan fingerprint density at radius 3 is 2.72 bits per heavy atom. The molecule has 1 aliphatic carbocycles. The van der Waals surface area contributed by atoms with E-state index in [1.54, 1.807) is 12.2 Å². The highest BCUT2D eigenvalue weighted by Gasteiger charge is 2.39. The van der Waals surface area contributed by atoms with Crippen LogP contribution in [0.3, 0.4) is 0 Å². The lowest BCUT2D eigenvalue weighted by atomic mass is 9.88. The van der Waals surface area contributed by atoms with Crippen molar-refractivity contribution < 1.29 is 24.9 Å². The van der Waals surface area contributed by atoms with Gasteiger partial charge in [0.15, 0.2) is 0 Å². The molecular weight excluding hydrogens is 320 g/mol. The molecule has 0 radical (unpaired) electrons. The van der Waals surface area contributed by atoms with Gasteiger partial charge in [-0.05, 0) is 31.6 Å². The van der Waals surface area contributed by atoms with Gasteiger partial charge in [-0.15, -0.1) is 0 Å². The number of ketones is 1. The zero-order valence-electron chi connectivity index (χ0n) is 15.1. The highest BCUT2D eigenvalue weighted by Crippen LogP contribution is 2.34. The monoisotopic (exact) mass is 352 g/mol. The summed E-state index contributed by atoms with van der Waals surface area (Å²) in [5, 5.41) is 28.6. The Balaban J connectivity index is 2.41. The molecule has 5 heteroatoms. The molecule has 0 amide bonds. The van der Waals surface area contributed by atoms with E-state index in [0.29, 0.717) is 19.3 Å². The van der Waals surface area contributed by atoms with Crippen LogP contribution < -0.4 is 0 Å². The van der Waals surface area contributed by atoms with Crippen LogP contribution in [0.2, 0.25) is 0 Å². The van der Waals surface area contributed by atoms with Crippen molar-refractivity contribution >= 4 is 11.8 Å². The number of unbranched alkanes of at least 4 members (excludes halogenated alkanes) is 3. The van der Waals surface area contributed by atoms with Crippen LogP contribution in [0.15, 0.2) is 24.3 Å². The molecule has 0 aromatic rings. The van der Waals surface area contributed by atoms with E-state index in [-0.39, 0.29) is 30.5 Å². The molecule has 5 nitrogen and oxygen atoms in total. The smallest absolute Gasteiger partial charge is 0.303 e. The van der Waals surface area contributed by atoms with Gasteiger partial charge in [0.25, 0.3) is 0 Å². The van der Waals surface area contributed by atoms with Gasteiger partial charge >= 0.3 is 5.97 Å². The summed E-state index contributed by atoms with van der Waals surface area (Å²) in [6.07, 6.45) is 12.0. The summed E-state index contributed by atoms with van der Waals surface area (Å²) >= 11 is 0. The van der Waals surface area contributed by atoms with Gasteiger partial charge in [-0.3, -0.25) is 9.59 Å². The van der Waals surface area contributed by atoms with Crippen LogP contribution in [0.5, 0.6) is 0 Å². The second-order valence-electron chi connectivity index (χ2n) is 6.87. The zero-order valence-corrected chi connectivity index (χ0v) is 15.1. The minimum absolute atomic E-state index is 0.0333. The molecular formula is C20H32O5. The van der Waals surface area contributed by atoms with Crippen LogP contribution in [0, 0.1) is 11.8 Å². The first-order valence-electron chi connectivity index (χ1n) is 9.39. The standard InChI is InChI=1S/C20H32O5/c1-2-3-6-10-16-17(19(23)14-18(16)22)13-12-15(21)9-7-4-5-8-11-20(24)25/h4,7,12-13,15-18,21-22H,2-3,5-6,8-11,14H2,1H3,(H,24,25)/b7-4-,13-12+/t15-,16+,17-,18+/m0/s1. The number of Topliss-reactive ketones (excluding diaryl/α,β-unsaturated/α-hetero) is 1. The van der Waals surface area contributed by atoms with Crippen molar-refractivity contribution in [2.24, 2.45) is 11.8 Å². The molecule has 0 heterocycles. The Bertz CT molecular complexity index is 469. The fourth-order valence-corrected chi connectivity index (χ4v) is 3.27. The molecule has 1 saturated carbocycles. The maximum atomic E-state index is 12.1. The molecule has 1 fully saturated rings. The van der Waals surface area contributed by atoms with Gasteiger partial charge in [-0.1, -0.05) is 50.5 Å². The number of hydrogen-bond donors (Lipinski definition) is 3. The number of allylic oxidation sites excluding steroid dienone is 2. The van der Waals surface area contributed by atoms with Crippen LogP contribution in [0.4, 0.5) is 0 Å². The molecule has 1 rings (SSSR count). The van der Waals surface area contributed by atoms with Gasteiger partial charge in [0.1, 0.15) is 5.78 Å². The Kier molecular flexibility index (Phi) is 10.3. The van der Waals surface area contributed by atoms with Crippen molar-refractivity contribution in [2.45, 2.75) is 76.9 Å². The maximum absolute atomic E-state index is 12.1. The predicted molar refractivity (Wildman–Crippen MR) is 97.1 cm³/mol. The quantitative estimate of drug-likeness (QED) is 0.370. The number of carboxylic acid groups (broad SMARTS) is 1. The molecule has 0 aliphatic heterocycles. The first-order chi connectivity index (χ1) is 12.0. The second kappa shape index (κ2) is 12.0. The first-order valence-corrected chi connectivity index (χ1v) is 9.39. The lowest BCUT2D eigenvalue weighted by Gasteiger charge is -2.18. The third-order valence-corrected chi connectivity index (χ3v) is 4.72. The topological polar surface area (TPSA) is 94.8 Å². The lowest BCUT2D eigenvalue weighted by molar-refractivity contribution is -0.137. The number of carbonyl (C=O) groups is 2. The van der Waals surface area contributed by atoms with Crippen LogP contribution in [0.25, 0.3) is 0 Å². The summed E-state index contributed by atoms with van der Waals surface area (Å²) < 4.78 is 0. The predicted octanol–water partition coefficient (Wildman–Crippen LogP) is 3.25. The second-order valence-corrected chi connectivity index (χ2v) is 6.87. The Labute approximate surface area is 150 Å². The number of aliphatic carboxylic acids is 1. The van der Waals surface area contributed by atoms with E-state index in [1.807, 2.05) is 12.2 Å². The molecule has 0 saturated heterocycles. The third-order valence-electron chi connectivity index (χ3n) is 4.72. The highest BCUT2D eigenvalue weighted by molar-refractivity contribution is 5.85. The summed E-state index contributed by atoms with van der Waals surface area (Å²) in [5.74, 6) is -1.06. The van der Waals surface area contributed by atoms with Crippen molar-refractivity contribution in [3.8, 4) is 0 Å². The third kappa shape index (κ3) is 8.45. The van der Waals surface area contributed by atoms with E-state index >= 15 is 0 Å². The number of hydrogen-bond acceptors (Lipinski definition) is 4. The van der Waals surface area contributed by atoms with Crippen LogP contribution in [-0.4, -0.2) is 39.3 Å². The van der Waals surface area contributed by atoms with Crippen molar-refractivity contribution in [3.63, 3.8) is 0 Å². The minimum atomic E-state index is -0.798. The largest absolute Gasteiger partial charge is 0.481 e. The number of aliphatic hydroxyl groups excluding tert-OH is 2. The van der Waals surface area contributed by atoms with Gasteiger partial charge in [0.2, 0.25) is 0 Å². The van der Waals surface area contributed by atoms with E-state index < -0.39 is 18.2 Å². The molecule has 142 valence electrons. The van der Waals surface area contributed by atoms with Gasteiger partial charge < -0.3 is 15.3 Å². The van der Waals surface area contributed by atoms with Crippen LogP contribution in [-0.2, 0) is 9.59 Å². The summed E-state index contributed by atoms with van der Waals surface area (Å²) in [4.78, 5) is 22.5. The average Bonchev–Trinajstić information content (AvgIpc) is 2.82. The fourth-order valence-electron chi connectivity index (χ4n) is 3.27. The molecule has 25 heavy (non-hydrogen) atoms. The van der Waals surface area contributed by atoms with Crippen molar-refractivity contribution in [1.29, 1.82) is 0 Å².